The molecule has 0 bridgehead atoms. The fraction of sp³-hybridized carbons (Fsp3) is 0.200. The van der Waals surface area contributed by atoms with Crippen LogP contribution in [0.1, 0.15) is 37.3 Å². The fourth-order valence-corrected chi connectivity index (χ4v) is 4.42. The van der Waals surface area contributed by atoms with E-state index in [1.807, 2.05) is 82.3 Å². The van der Waals surface area contributed by atoms with Crippen LogP contribution in [0.3, 0.4) is 0 Å². The van der Waals surface area contributed by atoms with E-state index in [4.69, 9.17) is 18.9 Å². The highest BCUT2D eigenvalue weighted by Gasteiger charge is 2.52. The van der Waals surface area contributed by atoms with E-state index in [2.05, 4.69) is 0 Å². The Kier molecular flexibility index (Phi) is 3.31. The Hall–Kier alpha value is -3.34. The molecule has 4 aromatic carbocycles. The molecule has 0 atom stereocenters. The summed E-state index contributed by atoms with van der Waals surface area (Å²) in [6.45, 7) is 7.53. The Morgan fingerprint density at radius 2 is 1.32 bits per heavy atom. The fourth-order valence-electron chi connectivity index (χ4n) is 4.42. The molecule has 0 N–H and O–H groups in total. The highest BCUT2D eigenvalue weighted by molar-refractivity contribution is 6.65. The molecule has 4 heteroatoms. The van der Waals surface area contributed by atoms with Gasteiger partial charge in [-0.15, -0.1) is 0 Å². The summed E-state index contributed by atoms with van der Waals surface area (Å²) in [5.74, 6) is 0. The van der Waals surface area contributed by atoms with E-state index in [1.54, 1.807) is 4.57 Å². The maximum atomic E-state index is 8.96. The Morgan fingerprint density at radius 1 is 0.706 bits per heavy atom. The normalized spacial score (nSPS) is 19.9. The maximum absolute atomic E-state index is 8.96. The molecule has 0 unspecified atom stereocenters. The summed E-state index contributed by atoms with van der Waals surface area (Å²) >= 11 is 0. The summed E-state index contributed by atoms with van der Waals surface area (Å²) in [4.78, 5) is 0. The van der Waals surface area contributed by atoms with Gasteiger partial charge < -0.3 is 13.9 Å². The summed E-state index contributed by atoms with van der Waals surface area (Å²) in [6.07, 6.45) is 0. The SMILES string of the molecule is [2H]c1c([2H])c([2H])c2c(c1[2H])c1c([2H])c([2H])c([2H])c(B3OC(C)(C)C(C)(C)O3)c1n2-c1ccc(-c2ccccc2)cc1. The lowest BCUT2D eigenvalue weighted by Crippen LogP contribution is -2.41. The molecule has 1 aliphatic heterocycles. The van der Waals surface area contributed by atoms with Crippen molar-refractivity contribution in [2.24, 2.45) is 0 Å². The summed E-state index contributed by atoms with van der Waals surface area (Å²) in [5.41, 5.74) is 1.70. The van der Waals surface area contributed by atoms with Crippen LogP contribution in [0, 0.1) is 0 Å². The van der Waals surface area contributed by atoms with Gasteiger partial charge in [0.15, 0.2) is 0 Å². The quantitative estimate of drug-likeness (QED) is 0.283. The molecule has 0 saturated carbocycles. The van der Waals surface area contributed by atoms with Gasteiger partial charge in [-0.1, -0.05) is 78.7 Å². The highest BCUT2D eigenvalue weighted by Crippen LogP contribution is 2.38. The zero-order valence-corrected chi connectivity index (χ0v) is 19.5. The van der Waals surface area contributed by atoms with Crippen molar-refractivity contribution in [2.45, 2.75) is 38.9 Å². The molecule has 0 radical (unpaired) electrons. The van der Waals surface area contributed by atoms with E-state index in [0.29, 0.717) is 11.2 Å². The molecule has 0 spiro atoms. The topological polar surface area (TPSA) is 23.4 Å². The Labute approximate surface area is 210 Å². The predicted molar refractivity (Wildman–Crippen MR) is 142 cm³/mol. The summed E-state index contributed by atoms with van der Waals surface area (Å²) in [5, 5.41) is 0.277. The number of aromatic nitrogens is 1. The number of nitrogens with zero attached hydrogens (tertiary/aromatic N) is 1. The lowest BCUT2D eigenvalue weighted by Gasteiger charge is -2.32. The van der Waals surface area contributed by atoms with Crippen molar-refractivity contribution < 1.29 is 18.9 Å². The Balaban J connectivity index is 1.77. The Bertz CT molecular complexity index is 1850. The minimum absolute atomic E-state index is 0.120. The van der Waals surface area contributed by atoms with E-state index >= 15 is 0 Å². The van der Waals surface area contributed by atoms with Gasteiger partial charge in [-0.25, -0.2) is 0 Å². The Morgan fingerprint density at radius 3 is 2.03 bits per heavy atom. The average Bonchev–Trinajstić information content (AvgIpc) is 3.40. The third-order valence-corrected chi connectivity index (χ3v) is 6.96. The van der Waals surface area contributed by atoms with Gasteiger partial charge in [0, 0.05) is 21.9 Å². The van der Waals surface area contributed by atoms with Crippen LogP contribution in [0.5, 0.6) is 0 Å². The van der Waals surface area contributed by atoms with Crippen LogP contribution in [0.15, 0.2) is 96.9 Å². The van der Waals surface area contributed by atoms with E-state index in [-0.39, 0.29) is 52.0 Å². The molecule has 5 aromatic rings. The summed E-state index contributed by atoms with van der Waals surface area (Å²) < 4.78 is 75.3. The summed E-state index contributed by atoms with van der Waals surface area (Å²) in [6, 6.07) is 15.0. The van der Waals surface area contributed by atoms with E-state index in [1.165, 1.54) is 0 Å². The van der Waals surface area contributed by atoms with Gasteiger partial charge in [0.05, 0.1) is 31.8 Å². The lowest BCUT2D eigenvalue weighted by atomic mass is 9.77. The monoisotopic (exact) mass is 452 g/mol. The van der Waals surface area contributed by atoms with Crippen LogP contribution in [-0.4, -0.2) is 22.9 Å². The number of hydrogen-bond acceptors (Lipinski definition) is 2. The molecule has 3 nitrogen and oxygen atoms in total. The number of rotatable bonds is 3. The van der Waals surface area contributed by atoms with Gasteiger partial charge in [0.25, 0.3) is 0 Å². The van der Waals surface area contributed by atoms with Crippen LogP contribution >= 0.6 is 0 Å². The third kappa shape index (κ3) is 3.21. The largest absolute Gasteiger partial charge is 0.497 e. The molecule has 2 heterocycles. The minimum Gasteiger partial charge on any atom is -0.399 e. The number of benzene rings is 4. The van der Waals surface area contributed by atoms with E-state index < -0.39 is 30.4 Å². The number of fused-ring (bicyclic) bond motifs is 3. The van der Waals surface area contributed by atoms with Gasteiger partial charge in [-0.3, -0.25) is 0 Å². The zero-order valence-electron chi connectivity index (χ0n) is 26.5. The summed E-state index contributed by atoms with van der Waals surface area (Å²) in [7, 11) is -1.07. The van der Waals surface area contributed by atoms with Crippen LogP contribution in [0.2, 0.25) is 0 Å². The molecule has 1 saturated heterocycles. The molecule has 1 fully saturated rings. The van der Waals surface area contributed by atoms with E-state index in [0.717, 1.165) is 11.1 Å². The van der Waals surface area contributed by atoms with Crippen molar-refractivity contribution >= 4 is 34.4 Å². The van der Waals surface area contributed by atoms with Crippen LogP contribution in [0.25, 0.3) is 38.6 Å². The van der Waals surface area contributed by atoms with Crippen LogP contribution in [0.4, 0.5) is 0 Å². The molecule has 168 valence electrons. The second-order valence-electron chi connectivity index (χ2n) is 9.57. The molecule has 1 aromatic heterocycles. The molecule has 0 amide bonds. The zero-order chi connectivity index (χ0) is 29.6. The molecular weight excluding hydrogens is 417 g/mol. The smallest absolute Gasteiger partial charge is 0.399 e. The molecule has 1 aliphatic rings. The van der Waals surface area contributed by atoms with Gasteiger partial charge in [0.1, 0.15) is 0 Å². The van der Waals surface area contributed by atoms with Gasteiger partial charge in [-0.05, 0) is 57.0 Å². The van der Waals surface area contributed by atoms with Gasteiger partial charge >= 0.3 is 7.12 Å². The first kappa shape index (κ1) is 14.8. The van der Waals surface area contributed by atoms with Crippen LogP contribution < -0.4 is 5.46 Å². The van der Waals surface area contributed by atoms with Crippen LogP contribution in [-0.2, 0) is 9.31 Å². The second-order valence-corrected chi connectivity index (χ2v) is 9.57. The van der Waals surface area contributed by atoms with Crippen molar-refractivity contribution in [1.29, 1.82) is 0 Å². The first-order chi connectivity index (χ1) is 19.3. The molecule has 0 aliphatic carbocycles. The van der Waals surface area contributed by atoms with Gasteiger partial charge in [-0.2, -0.15) is 0 Å². The first-order valence-corrected chi connectivity index (χ1v) is 11.3. The average molecular weight is 452 g/mol. The van der Waals surface area contributed by atoms with E-state index in [9.17, 15) is 0 Å². The molecule has 34 heavy (non-hydrogen) atoms. The number of hydrogen-bond donors (Lipinski definition) is 0. The first-order valence-electron chi connectivity index (χ1n) is 14.8. The van der Waals surface area contributed by atoms with Crippen molar-refractivity contribution in [3.8, 4) is 16.8 Å². The standard InChI is InChI=1S/C30H28BNO2/c1-29(2)30(3,4)34-31(33-29)26-15-10-14-25-24-13-8-9-16-27(24)32(28(25)26)23-19-17-22(18-20-23)21-11-6-5-7-12-21/h5-20H,1-4H3/i8D,9D,10D,13D,14D,15D,16D. The van der Waals surface area contributed by atoms with Crippen molar-refractivity contribution in [2.75, 3.05) is 0 Å². The van der Waals surface area contributed by atoms with Crippen molar-refractivity contribution in [1.82, 2.24) is 4.57 Å². The third-order valence-electron chi connectivity index (χ3n) is 6.96. The molecule has 6 rings (SSSR count). The minimum atomic E-state index is -1.07. The predicted octanol–water partition coefficient (Wildman–Crippen LogP) is 6.75. The van der Waals surface area contributed by atoms with Gasteiger partial charge in [0.2, 0.25) is 0 Å². The maximum Gasteiger partial charge on any atom is 0.497 e. The van der Waals surface area contributed by atoms with Crippen molar-refractivity contribution in [3.63, 3.8) is 0 Å². The lowest BCUT2D eigenvalue weighted by molar-refractivity contribution is 0.00578. The van der Waals surface area contributed by atoms with Crippen molar-refractivity contribution in [3.05, 3.63) is 96.9 Å². The molecular formula is C30H28BNO2. The highest BCUT2D eigenvalue weighted by atomic mass is 16.7. The second kappa shape index (κ2) is 7.59. The number of para-hydroxylation sites is 2.